The molecule has 0 saturated heterocycles. The highest BCUT2D eigenvalue weighted by Crippen LogP contribution is 2.19. The number of hydrogen-bond donors (Lipinski definition) is 1. The second-order valence-corrected chi connectivity index (χ2v) is 2.64. The molecule has 1 aromatic rings. The molecule has 1 rings (SSSR count). The van der Waals surface area contributed by atoms with Crippen LogP contribution in [0.15, 0.2) is 0 Å². The van der Waals surface area contributed by atoms with Crippen LogP contribution in [0.2, 0.25) is 0 Å². The van der Waals surface area contributed by atoms with E-state index in [1.807, 2.05) is 0 Å². The molecule has 82 valence electrons. The van der Waals surface area contributed by atoms with Crippen molar-refractivity contribution < 1.29 is 22.7 Å². The summed E-state index contributed by atoms with van der Waals surface area (Å²) in [5, 5.41) is 0. The molecule has 0 radical (unpaired) electrons. The molecule has 4 nitrogen and oxygen atoms in total. The molecule has 2 N–H and O–H groups in total. The highest BCUT2D eigenvalue weighted by Gasteiger charge is 2.19. The highest BCUT2D eigenvalue weighted by atomic mass is 19.2. The molecule has 0 fully saturated rings. The monoisotopic (exact) mass is 220 g/mol. The Kier molecular flexibility index (Phi) is 3.13. The summed E-state index contributed by atoms with van der Waals surface area (Å²) in [6.07, 6.45) is -0.607. The Balaban J connectivity index is 3.15. The van der Waals surface area contributed by atoms with Gasteiger partial charge in [-0.15, -0.1) is 0 Å². The van der Waals surface area contributed by atoms with E-state index in [-0.39, 0.29) is 0 Å². The number of nitrogen functional groups attached to an aromatic ring is 1. The summed E-state index contributed by atoms with van der Waals surface area (Å²) in [5.41, 5.74) is 3.33. The lowest BCUT2D eigenvalue weighted by Gasteiger charge is -2.05. The Morgan fingerprint density at radius 1 is 1.40 bits per heavy atom. The lowest BCUT2D eigenvalue weighted by atomic mass is 10.2. The average Bonchev–Trinajstić information content (AvgIpc) is 2.22. The zero-order chi connectivity index (χ0) is 11.6. The van der Waals surface area contributed by atoms with Crippen LogP contribution >= 0.6 is 0 Å². The van der Waals surface area contributed by atoms with Gasteiger partial charge in [-0.3, -0.25) is 4.79 Å². The van der Waals surface area contributed by atoms with E-state index in [0.29, 0.717) is 0 Å². The minimum atomic E-state index is -1.57. The Hall–Kier alpha value is -1.79. The predicted molar refractivity (Wildman–Crippen MR) is 44.2 cm³/mol. The fourth-order valence-corrected chi connectivity index (χ4v) is 0.906. The standard InChI is InChI=1S/C8H7F3N2O2/c1-15-4(14)2-3-5(9)7(12)6(10)8(11)13-3/h2H2,1H3,(H2,12,13). The maximum atomic E-state index is 13.1. The number of pyridine rings is 1. The number of aromatic nitrogens is 1. The Labute approximate surface area is 82.9 Å². The molecule has 7 heteroatoms. The van der Waals surface area contributed by atoms with Crippen molar-refractivity contribution in [3.8, 4) is 0 Å². The predicted octanol–water partition coefficient (Wildman–Crippen LogP) is 0.797. The highest BCUT2D eigenvalue weighted by molar-refractivity contribution is 5.72. The minimum Gasteiger partial charge on any atom is -0.469 e. The molecule has 0 bridgehead atoms. The second kappa shape index (κ2) is 4.16. The zero-order valence-corrected chi connectivity index (χ0v) is 7.68. The van der Waals surface area contributed by atoms with Crippen molar-refractivity contribution >= 4 is 11.7 Å². The van der Waals surface area contributed by atoms with Gasteiger partial charge in [-0.05, 0) is 0 Å². The van der Waals surface area contributed by atoms with Crippen LogP contribution in [0.25, 0.3) is 0 Å². The van der Waals surface area contributed by atoms with Crippen molar-refractivity contribution in [2.24, 2.45) is 0 Å². The second-order valence-electron chi connectivity index (χ2n) is 2.64. The quantitative estimate of drug-likeness (QED) is 0.591. The molecular weight excluding hydrogens is 213 g/mol. The molecule has 1 heterocycles. The first kappa shape index (κ1) is 11.3. The van der Waals surface area contributed by atoms with Crippen LogP contribution in [0.4, 0.5) is 18.9 Å². The number of halogens is 3. The summed E-state index contributed by atoms with van der Waals surface area (Å²) in [7, 11) is 1.07. The number of rotatable bonds is 2. The molecule has 0 atom stereocenters. The van der Waals surface area contributed by atoms with Gasteiger partial charge >= 0.3 is 5.97 Å². The number of carbonyl (C=O) groups is 1. The first-order chi connectivity index (χ1) is 6.97. The van der Waals surface area contributed by atoms with E-state index in [1.54, 1.807) is 0 Å². The molecule has 15 heavy (non-hydrogen) atoms. The molecule has 0 aliphatic rings. The SMILES string of the molecule is COC(=O)Cc1nc(F)c(F)c(N)c1F. The number of ether oxygens (including phenoxy) is 1. The lowest BCUT2D eigenvalue weighted by Crippen LogP contribution is -2.12. The van der Waals surface area contributed by atoms with Gasteiger partial charge in [0.05, 0.1) is 19.2 Å². The van der Waals surface area contributed by atoms with E-state index >= 15 is 0 Å². The fraction of sp³-hybridized carbons (Fsp3) is 0.250. The Bertz CT molecular complexity index is 409. The minimum absolute atomic E-state index is 0.585. The Morgan fingerprint density at radius 2 is 2.00 bits per heavy atom. The summed E-state index contributed by atoms with van der Waals surface area (Å²) >= 11 is 0. The molecule has 0 aromatic carbocycles. The maximum Gasteiger partial charge on any atom is 0.311 e. The van der Waals surface area contributed by atoms with Crippen LogP contribution in [-0.2, 0) is 16.0 Å². The molecular formula is C8H7F3N2O2. The van der Waals surface area contributed by atoms with Crippen LogP contribution in [0.1, 0.15) is 5.69 Å². The van der Waals surface area contributed by atoms with Crippen LogP contribution in [0.5, 0.6) is 0 Å². The third-order valence-electron chi connectivity index (χ3n) is 1.68. The van der Waals surface area contributed by atoms with E-state index in [4.69, 9.17) is 5.73 Å². The summed E-state index contributed by atoms with van der Waals surface area (Å²) in [6, 6.07) is 0. The third kappa shape index (κ3) is 2.17. The number of hydrogen-bond acceptors (Lipinski definition) is 4. The summed E-state index contributed by atoms with van der Waals surface area (Å²) in [6.45, 7) is 0. The first-order valence-corrected chi connectivity index (χ1v) is 3.83. The number of esters is 1. The maximum absolute atomic E-state index is 13.1. The third-order valence-corrected chi connectivity index (χ3v) is 1.68. The number of methoxy groups -OCH3 is 1. The molecule has 0 unspecified atom stereocenters. The van der Waals surface area contributed by atoms with E-state index in [2.05, 4.69) is 9.72 Å². The molecule has 0 spiro atoms. The molecule has 0 amide bonds. The van der Waals surface area contributed by atoms with Gasteiger partial charge in [0.25, 0.3) is 5.95 Å². The van der Waals surface area contributed by atoms with Gasteiger partial charge in [0.15, 0.2) is 5.82 Å². The average molecular weight is 220 g/mol. The lowest BCUT2D eigenvalue weighted by molar-refractivity contribution is -0.139. The van der Waals surface area contributed by atoms with Crippen molar-refractivity contribution in [2.45, 2.75) is 6.42 Å². The molecule has 1 aromatic heterocycles. The summed E-state index contributed by atoms with van der Waals surface area (Å²) < 4.78 is 42.7. The largest absolute Gasteiger partial charge is 0.469 e. The summed E-state index contributed by atoms with van der Waals surface area (Å²) in [5.74, 6) is -5.19. The van der Waals surface area contributed by atoms with Crippen molar-refractivity contribution in [3.05, 3.63) is 23.3 Å². The van der Waals surface area contributed by atoms with Crippen LogP contribution < -0.4 is 5.73 Å². The molecule has 0 aliphatic heterocycles. The molecule has 0 saturated carbocycles. The number of anilines is 1. The van der Waals surface area contributed by atoms with Crippen LogP contribution in [-0.4, -0.2) is 18.1 Å². The van der Waals surface area contributed by atoms with Gasteiger partial charge in [-0.1, -0.05) is 0 Å². The zero-order valence-electron chi connectivity index (χ0n) is 7.68. The number of nitrogens with zero attached hydrogens (tertiary/aromatic N) is 1. The topological polar surface area (TPSA) is 65.2 Å². The van der Waals surface area contributed by atoms with Gasteiger partial charge in [0, 0.05) is 0 Å². The van der Waals surface area contributed by atoms with Gasteiger partial charge in [0.2, 0.25) is 5.82 Å². The van der Waals surface area contributed by atoms with Crippen molar-refractivity contribution in [1.82, 2.24) is 4.98 Å². The van der Waals surface area contributed by atoms with Crippen LogP contribution in [0.3, 0.4) is 0 Å². The van der Waals surface area contributed by atoms with E-state index in [1.165, 1.54) is 0 Å². The van der Waals surface area contributed by atoms with Gasteiger partial charge in [-0.25, -0.2) is 9.37 Å². The first-order valence-electron chi connectivity index (χ1n) is 3.83. The smallest absolute Gasteiger partial charge is 0.311 e. The van der Waals surface area contributed by atoms with E-state index < -0.39 is 41.4 Å². The van der Waals surface area contributed by atoms with Crippen molar-refractivity contribution in [3.63, 3.8) is 0 Å². The normalized spacial score (nSPS) is 10.1. The van der Waals surface area contributed by atoms with Gasteiger partial charge in [-0.2, -0.15) is 8.78 Å². The van der Waals surface area contributed by atoms with Crippen LogP contribution in [0, 0.1) is 17.6 Å². The Morgan fingerprint density at radius 3 is 2.53 bits per heavy atom. The molecule has 0 aliphatic carbocycles. The van der Waals surface area contributed by atoms with Crippen molar-refractivity contribution in [2.75, 3.05) is 12.8 Å². The summed E-state index contributed by atoms with van der Waals surface area (Å²) in [4.78, 5) is 13.7. The van der Waals surface area contributed by atoms with Crippen molar-refractivity contribution in [1.29, 1.82) is 0 Å². The van der Waals surface area contributed by atoms with Gasteiger partial charge in [0.1, 0.15) is 5.69 Å². The number of carbonyl (C=O) groups excluding carboxylic acids is 1. The number of nitrogens with two attached hydrogens (primary N) is 1. The van der Waals surface area contributed by atoms with E-state index in [9.17, 15) is 18.0 Å². The van der Waals surface area contributed by atoms with Gasteiger partial charge < -0.3 is 10.5 Å². The fourth-order valence-electron chi connectivity index (χ4n) is 0.906. The van der Waals surface area contributed by atoms with E-state index in [0.717, 1.165) is 7.11 Å².